The molecule has 0 bridgehead atoms. The third-order valence-electron chi connectivity index (χ3n) is 5.76. The molecule has 0 heterocycles. The fraction of sp³-hybridized carbons (Fsp3) is 0.458. The number of aliphatic hydroxyl groups excluding tert-OH is 1. The van der Waals surface area contributed by atoms with Crippen LogP contribution in [0.15, 0.2) is 48.5 Å². The second-order valence-electron chi connectivity index (χ2n) is 9.47. The summed E-state index contributed by atoms with van der Waals surface area (Å²) >= 11 is 0. The number of benzene rings is 2. The van der Waals surface area contributed by atoms with Gasteiger partial charge in [-0.1, -0.05) is 69.3 Å². The molecule has 0 saturated heterocycles. The SMILES string of the molecule is CC(C)(C)C(O)C(F)(F)C(C)(C)NC(=O)OCC1c2ccccc2-c2ccccc21. The Morgan fingerprint density at radius 1 is 1.00 bits per heavy atom. The second kappa shape index (κ2) is 7.65. The largest absolute Gasteiger partial charge is 0.449 e. The molecule has 0 aliphatic heterocycles. The Bertz CT molecular complexity index is 889. The van der Waals surface area contributed by atoms with Crippen LogP contribution in [0.4, 0.5) is 13.6 Å². The highest BCUT2D eigenvalue weighted by Crippen LogP contribution is 2.44. The summed E-state index contributed by atoms with van der Waals surface area (Å²) in [6.07, 6.45) is -2.88. The molecule has 4 nitrogen and oxygen atoms in total. The first-order chi connectivity index (χ1) is 13.9. The molecule has 2 aromatic carbocycles. The van der Waals surface area contributed by atoms with Crippen molar-refractivity contribution in [3.63, 3.8) is 0 Å². The number of alkyl carbamates (subject to hydrolysis) is 1. The van der Waals surface area contributed by atoms with E-state index in [-0.39, 0.29) is 12.5 Å². The molecule has 0 spiro atoms. The molecule has 3 rings (SSSR count). The highest BCUT2D eigenvalue weighted by molar-refractivity contribution is 5.79. The van der Waals surface area contributed by atoms with Crippen LogP contribution in [0.2, 0.25) is 0 Å². The topological polar surface area (TPSA) is 58.6 Å². The Hall–Kier alpha value is -2.47. The van der Waals surface area contributed by atoms with Crippen molar-refractivity contribution in [1.82, 2.24) is 5.32 Å². The van der Waals surface area contributed by atoms with Crippen LogP contribution in [0.5, 0.6) is 0 Å². The van der Waals surface area contributed by atoms with Crippen molar-refractivity contribution < 1.29 is 23.4 Å². The van der Waals surface area contributed by atoms with Crippen LogP contribution >= 0.6 is 0 Å². The quantitative estimate of drug-likeness (QED) is 0.690. The van der Waals surface area contributed by atoms with Crippen LogP contribution in [0.1, 0.15) is 51.7 Å². The standard InChI is InChI=1S/C24H29F2NO3/c1-22(2,3)20(28)24(25,26)23(4,5)27-21(29)30-14-19-17-12-8-6-10-15(17)16-11-7-9-13-18(16)19/h6-13,19-20,28H,14H2,1-5H3,(H,27,29). The third kappa shape index (κ3) is 3.93. The van der Waals surface area contributed by atoms with E-state index in [0.29, 0.717) is 0 Å². The summed E-state index contributed by atoms with van der Waals surface area (Å²) < 4.78 is 35.1. The monoisotopic (exact) mass is 417 g/mol. The van der Waals surface area contributed by atoms with Crippen LogP contribution in [-0.4, -0.2) is 35.4 Å². The van der Waals surface area contributed by atoms with Gasteiger partial charge in [0.25, 0.3) is 5.92 Å². The average molecular weight is 417 g/mol. The molecule has 162 valence electrons. The van der Waals surface area contributed by atoms with Crippen molar-refractivity contribution >= 4 is 6.09 Å². The van der Waals surface area contributed by atoms with Crippen LogP contribution in [0, 0.1) is 5.41 Å². The van der Waals surface area contributed by atoms with Gasteiger partial charge in [0.05, 0.1) is 0 Å². The number of amides is 1. The first kappa shape index (κ1) is 22.2. The van der Waals surface area contributed by atoms with Crippen molar-refractivity contribution in [3.8, 4) is 11.1 Å². The number of aliphatic hydroxyl groups is 1. The van der Waals surface area contributed by atoms with Gasteiger partial charge in [-0.2, -0.15) is 0 Å². The maximum absolute atomic E-state index is 14.9. The minimum atomic E-state index is -3.56. The molecule has 0 aromatic heterocycles. The minimum absolute atomic E-state index is 0.0311. The van der Waals surface area contributed by atoms with E-state index in [1.54, 1.807) is 0 Å². The maximum atomic E-state index is 14.9. The number of hydrogen-bond acceptors (Lipinski definition) is 3. The van der Waals surface area contributed by atoms with E-state index in [9.17, 15) is 18.7 Å². The van der Waals surface area contributed by atoms with Crippen LogP contribution in [0.3, 0.4) is 0 Å². The van der Waals surface area contributed by atoms with Gasteiger partial charge in [0.15, 0.2) is 0 Å². The second-order valence-corrected chi connectivity index (χ2v) is 9.47. The molecule has 1 atom stereocenters. The summed E-state index contributed by atoms with van der Waals surface area (Å²) in [5.41, 5.74) is 1.20. The van der Waals surface area contributed by atoms with Gasteiger partial charge in [0, 0.05) is 5.92 Å². The lowest BCUT2D eigenvalue weighted by Gasteiger charge is -2.42. The Morgan fingerprint density at radius 3 is 1.93 bits per heavy atom. The molecule has 2 aromatic rings. The smallest absolute Gasteiger partial charge is 0.407 e. The Morgan fingerprint density at radius 2 is 1.47 bits per heavy atom. The lowest BCUT2D eigenvalue weighted by molar-refractivity contribution is -0.188. The molecule has 0 saturated carbocycles. The molecule has 0 radical (unpaired) electrons. The van der Waals surface area contributed by atoms with Crippen molar-refractivity contribution in [3.05, 3.63) is 59.7 Å². The van der Waals surface area contributed by atoms with Crippen molar-refractivity contribution in [1.29, 1.82) is 0 Å². The van der Waals surface area contributed by atoms with E-state index in [4.69, 9.17) is 4.74 Å². The lowest BCUT2D eigenvalue weighted by atomic mass is 9.78. The average Bonchev–Trinajstić information content (AvgIpc) is 2.98. The van der Waals surface area contributed by atoms with E-state index in [1.165, 1.54) is 34.6 Å². The number of halogens is 2. The van der Waals surface area contributed by atoms with E-state index in [0.717, 1.165) is 22.3 Å². The Kier molecular flexibility index (Phi) is 5.67. The van der Waals surface area contributed by atoms with Crippen molar-refractivity contribution in [2.24, 2.45) is 5.41 Å². The summed E-state index contributed by atoms with van der Waals surface area (Å²) in [6.45, 7) is 6.97. The summed E-state index contributed by atoms with van der Waals surface area (Å²) in [4.78, 5) is 12.4. The highest BCUT2D eigenvalue weighted by Gasteiger charge is 2.56. The molecule has 1 aliphatic rings. The molecule has 1 unspecified atom stereocenters. The molecule has 1 amide bonds. The van der Waals surface area contributed by atoms with Gasteiger partial charge in [-0.3, -0.25) is 0 Å². The zero-order chi connectivity index (χ0) is 22.3. The summed E-state index contributed by atoms with van der Waals surface area (Å²) in [7, 11) is 0. The van der Waals surface area contributed by atoms with Crippen LogP contribution in [-0.2, 0) is 4.74 Å². The normalized spacial score (nSPS) is 15.3. The zero-order valence-electron chi connectivity index (χ0n) is 18.0. The molecular weight excluding hydrogens is 388 g/mol. The highest BCUT2D eigenvalue weighted by atomic mass is 19.3. The van der Waals surface area contributed by atoms with Crippen LogP contribution in [0.25, 0.3) is 11.1 Å². The predicted octanol–water partition coefficient (Wildman–Crippen LogP) is 5.35. The van der Waals surface area contributed by atoms with Gasteiger partial charge in [0.1, 0.15) is 18.2 Å². The van der Waals surface area contributed by atoms with Crippen molar-refractivity contribution in [2.45, 2.75) is 58.1 Å². The summed E-state index contributed by atoms with van der Waals surface area (Å²) in [6, 6.07) is 15.8. The number of ether oxygens (including phenoxy) is 1. The fourth-order valence-electron chi connectivity index (χ4n) is 3.86. The van der Waals surface area contributed by atoms with Crippen molar-refractivity contribution in [2.75, 3.05) is 6.61 Å². The Balaban J connectivity index is 1.72. The molecule has 1 aliphatic carbocycles. The molecule has 2 N–H and O–H groups in total. The van der Waals surface area contributed by atoms with Crippen LogP contribution < -0.4 is 5.32 Å². The van der Waals surface area contributed by atoms with E-state index < -0.39 is 29.1 Å². The third-order valence-corrected chi connectivity index (χ3v) is 5.76. The summed E-state index contributed by atoms with van der Waals surface area (Å²) in [5, 5.41) is 12.4. The fourth-order valence-corrected chi connectivity index (χ4v) is 3.86. The number of fused-ring (bicyclic) bond motifs is 3. The van der Waals surface area contributed by atoms with Gasteiger partial charge in [-0.25, -0.2) is 13.6 Å². The van der Waals surface area contributed by atoms with Gasteiger partial charge in [-0.15, -0.1) is 0 Å². The Labute approximate surface area is 176 Å². The first-order valence-corrected chi connectivity index (χ1v) is 10.1. The minimum Gasteiger partial charge on any atom is -0.449 e. The molecule has 6 heteroatoms. The zero-order valence-corrected chi connectivity index (χ0v) is 18.0. The number of alkyl halides is 2. The van der Waals surface area contributed by atoms with Gasteiger partial charge < -0.3 is 15.2 Å². The number of carbonyl (C=O) groups is 1. The predicted molar refractivity (Wildman–Crippen MR) is 113 cm³/mol. The maximum Gasteiger partial charge on any atom is 0.407 e. The molecular formula is C24H29F2NO3. The molecule has 0 fully saturated rings. The molecule has 30 heavy (non-hydrogen) atoms. The number of carbonyl (C=O) groups excluding carboxylic acids is 1. The number of rotatable bonds is 5. The van der Waals surface area contributed by atoms with E-state index in [2.05, 4.69) is 5.32 Å². The van der Waals surface area contributed by atoms with E-state index >= 15 is 0 Å². The van der Waals surface area contributed by atoms with E-state index in [1.807, 2.05) is 48.5 Å². The summed E-state index contributed by atoms with van der Waals surface area (Å²) in [5.74, 6) is -3.72. The lowest BCUT2D eigenvalue weighted by Crippen LogP contribution is -2.63. The van der Waals surface area contributed by atoms with Gasteiger partial charge in [-0.05, 0) is 41.5 Å². The van der Waals surface area contributed by atoms with Gasteiger partial charge in [0.2, 0.25) is 0 Å². The number of nitrogens with one attached hydrogen (secondary N) is 1. The first-order valence-electron chi connectivity index (χ1n) is 10.1. The number of hydrogen-bond donors (Lipinski definition) is 2. The van der Waals surface area contributed by atoms with Gasteiger partial charge >= 0.3 is 6.09 Å².